The van der Waals surface area contributed by atoms with Crippen LogP contribution in [0.3, 0.4) is 0 Å². The Morgan fingerprint density at radius 2 is 1.37 bits per heavy atom. The molecule has 3 amide bonds. The highest BCUT2D eigenvalue weighted by Gasteiger charge is 2.54. The molecule has 0 bridgehead atoms. The van der Waals surface area contributed by atoms with E-state index in [-0.39, 0.29) is 28.0 Å². The summed E-state index contributed by atoms with van der Waals surface area (Å²) in [6.07, 6.45) is 1.39. The topological polar surface area (TPSA) is 173 Å². The molecule has 2 aliphatic rings. The summed E-state index contributed by atoms with van der Waals surface area (Å²) < 4.78 is 12.0. The van der Waals surface area contributed by atoms with Crippen molar-refractivity contribution in [1.82, 2.24) is 25.5 Å². The van der Waals surface area contributed by atoms with E-state index < -0.39 is 53.2 Å². The van der Waals surface area contributed by atoms with Crippen molar-refractivity contribution in [2.45, 2.75) is 74.3 Å². The molecule has 2 aromatic heterocycles. The van der Waals surface area contributed by atoms with Gasteiger partial charge < -0.3 is 30.3 Å². The van der Waals surface area contributed by atoms with E-state index in [4.69, 9.17) is 30.9 Å². The van der Waals surface area contributed by atoms with Crippen molar-refractivity contribution in [3.05, 3.63) is 224 Å². The maximum atomic E-state index is 14.9. The molecule has 7 aromatic rings. The molecule has 0 spiro atoms. The monoisotopic (exact) mass is 1060 g/mol. The van der Waals surface area contributed by atoms with Crippen LogP contribution in [-0.4, -0.2) is 75.8 Å². The number of amides is 3. The second-order valence-corrected chi connectivity index (χ2v) is 21.3. The number of benzene rings is 5. The van der Waals surface area contributed by atoms with E-state index in [1.54, 1.807) is 33.0 Å². The van der Waals surface area contributed by atoms with Crippen molar-refractivity contribution >= 4 is 69.4 Å². The van der Waals surface area contributed by atoms with Gasteiger partial charge in [0.15, 0.2) is 16.9 Å². The number of pyridine rings is 1. The van der Waals surface area contributed by atoms with E-state index in [0.29, 0.717) is 35.0 Å². The Labute approximate surface area is 448 Å². The molecule has 2 unspecified atom stereocenters. The fourth-order valence-electron chi connectivity index (χ4n) is 9.23. The largest absolute Gasteiger partial charge is 0.448 e. The number of β-lactam (4-membered cyclic amide) rings is 1. The van der Waals surface area contributed by atoms with Crippen molar-refractivity contribution in [2.24, 2.45) is 5.16 Å². The first-order chi connectivity index (χ1) is 36.3. The first-order valence-electron chi connectivity index (χ1n) is 24.3. The summed E-state index contributed by atoms with van der Waals surface area (Å²) in [5.74, 6) is -2.00. The summed E-state index contributed by atoms with van der Waals surface area (Å²) in [6.45, 7) is 5.62. The number of oxime groups is 1. The van der Waals surface area contributed by atoms with Crippen LogP contribution in [0.25, 0.3) is 0 Å². The summed E-state index contributed by atoms with van der Waals surface area (Å²) in [4.78, 5) is 74.1. The molecule has 2 aliphatic heterocycles. The van der Waals surface area contributed by atoms with Gasteiger partial charge in [0.1, 0.15) is 40.0 Å². The van der Waals surface area contributed by atoms with Crippen molar-refractivity contribution in [2.75, 3.05) is 19.0 Å². The number of anilines is 1. The number of ether oxygens (including phenoxy) is 2. The van der Waals surface area contributed by atoms with E-state index >= 15 is 0 Å². The number of rotatable bonds is 18. The van der Waals surface area contributed by atoms with Gasteiger partial charge in [0.05, 0.1) is 11.7 Å². The van der Waals surface area contributed by atoms with Gasteiger partial charge in [-0.2, -0.15) is 0 Å². The molecule has 0 radical (unpaired) electrons. The quantitative estimate of drug-likeness (QED) is 0.0245. The van der Waals surface area contributed by atoms with Gasteiger partial charge >= 0.3 is 12.1 Å². The van der Waals surface area contributed by atoms with Gasteiger partial charge in [0.2, 0.25) is 0 Å². The van der Waals surface area contributed by atoms with Crippen LogP contribution in [0.5, 0.6) is 0 Å². The fraction of sp³-hybridized carbons (Fsp3) is 0.224. The summed E-state index contributed by atoms with van der Waals surface area (Å²) in [5, 5.41) is 13.9. The molecule has 4 heterocycles. The lowest BCUT2D eigenvalue weighted by atomic mass is 9.77. The first kappa shape index (κ1) is 52.1. The molecule has 3 N–H and O–H groups in total. The number of thioether (sulfide) groups is 1. The van der Waals surface area contributed by atoms with Crippen LogP contribution in [-0.2, 0) is 40.7 Å². The van der Waals surface area contributed by atoms with Crippen molar-refractivity contribution in [3.63, 3.8) is 0 Å². The lowest BCUT2D eigenvalue weighted by Gasteiger charge is -2.50. The molecular weight excluding hydrogens is 1010 g/mol. The molecule has 0 saturated carbocycles. The molecular formula is C58H54ClN7O7S2. The van der Waals surface area contributed by atoms with Crippen molar-refractivity contribution in [3.8, 4) is 0 Å². The molecule has 382 valence electrons. The van der Waals surface area contributed by atoms with Crippen LogP contribution < -0.4 is 16.0 Å². The summed E-state index contributed by atoms with van der Waals surface area (Å²) >= 11 is 9.43. The SMILES string of the molecule is CON=C(C(=O)NC1C(=O)N2C(C(=O)OC(c3ccccc3)c3ccccc3)=C(Sc3cccnc3CCNC(=O)OC(C)(C)C)CCC12)c1nc(NC(c2ccccc2)(c2ccccc2)c2ccccc2)sc1Cl. The Balaban J connectivity index is 1.00. The molecule has 17 heteroatoms. The second-order valence-electron chi connectivity index (χ2n) is 18.6. The van der Waals surface area contributed by atoms with Crippen LogP contribution >= 0.6 is 34.7 Å². The number of hydrogen-bond donors (Lipinski definition) is 3. The third-order valence-corrected chi connectivity index (χ3v) is 14.9. The maximum absolute atomic E-state index is 14.9. The maximum Gasteiger partial charge on any atom is 0.407 e. The number of aromatic nitrogens is 2. The summed E-state index contributed by atoms with van der Waals surface area (Å²) in [5.41, 5.74) is 3.19. The van der Waals surface area contributed by atoms with E-state index in [2.05, 4.69) is 26.1 Å². The zero-order chi connectivity index (χ0) is 52.5. The van der Waals surface area contributed by atoms with Crippen LogP contribution in [0.15, 0.2) is 191 Å². The molecule has 14 nitrogen and oxygen atoms in total. The first-order valence-corrected chi connectivity index (χ1v) is 26.3. The Bertz CT molecular complexity index is 3080. The molecule has 2 atom stereocenters. The third-order valence-electron chi connectivity index (χ3n) is 12.5. The van der Waals surface area contributed by atoms with E-state index in [9.17, 15) is 19.2 Å². The Hall–Kier alpha value is -7.79. The van der Waals surface area contributed by atoms with Gasteiger partial charge in [-0.15, -0.1) is 0 Å². The minimum absolute atomic E-state index is 0.0446. The highest BCUT2D eigenvalue weighted by molar-refractivity contribution is 8.03. The Morgan fingerprint density at radius 3 is 1.92 bits per heavy atom. The summed E-state index contributed by atoms with van der Waals surface area (Å²) in [6, 6.07) is 50.7. The standard InChI is InChI=1S/C58H54ClN7O7S2/c1-57(2,3)73-56(70)61-36-34-42-44(31-20-35-60-42)74-45-33-32-43-46(53(68)66(43)49(45)54(69)72-50(37-21-10-5-11-22-37)38-23-12-6-13-24-38)62-52(67)48(65-71-4)47-51(59)75-55(63-47)64-58(39-25-14-7-15-26-39,40-27-16-8-17-28-40)41-29-18-9-19-30-41/h5-31,35,43,46,50H,32-34,36H2,1-4H3,(H,61,70)(H,62,67)(H,63,64). The number of allylic oxidation sites excluding steroid dienone is 1. The number of thiazole rings is 1. The van der Waals surface area contributed by atoms with Crippen LogP contribution in [0.2, 0.25) is 4.34 Å². The number of halogens is 1. The third kappa shape index (κ3) is 11.6. The Morgan fingerprint density at radius 1 is 0.813 bits per heavy atom. The average Bonchev–Trinajstić information content (AvgIpc) is 3.84. The number of carbonyl (C=O) groups is 4. The van der Waals surface area contributed by atoms with E-state index in [0.717, 1.165) is 44.0 Å². The summed E-state index contributed by atoms with van der Waals surface area (Å²) in [7, 11) is 1.31. The van der Waals surface area contributed by atoms with Gasteiger partial charge in [0.25, 0.3) is 11.8 Å². The van der Waals surface area contributed by atoms with Crippen LogP contribution in [0.1, 0.15) is 78.9 Å². The van der Waals surface area contributed by atoms with Gasteiger partial charge in [0, 0.05) is 29.0 Å². The molecule has 0 aliphatic carbocycles. The zero-order valence-electron chi connectivity index (χ0n) is 41.6. The molecule has 9 rings (SSSR count). The predicted octanol–water partition coefficient (Wildman–Crippen LogP) is 10.8. The predicted molar refractivity (Wildman–Crippen MR) is 291 cm³/mol. The molecule has 1 fully saturated rings. The van der Waals surface area contributed by atoms with Crippen LogP contribution in [0.4, 0.5) is 9.93 Å². The molecule has 5 aromatic carbocycles. The zero-order valence-corrected chi connectivity index (χ0v) is 44.0. The number of hydrogen-bond acceptors (Lipinski definition) is 13. The minimum atomic E-state index is -1.06. The number of fused-ring (bicyclic) bond motifs is 1. The number of alkyl carbamates (subject to hydrolysis) is 1. The van der Waals surface area contributed by atoms with Crippen molar-refractivity contribution in [1.29, 1.82) is 0 Å². The number of nitrogens with one attached hydrogen (secondary N) is 3. The normalized spacial score (nSPS) is 15.6. The van der Waals surface area contributed by atoms with Crippen molar-refractivity contribution < 1.29 is 33.5 Å². The lowest BCUT2D eigenvalue weighted by molar-refractivity contribution is -0.158. The Kier molecular flexibility index (Phi) is 16.1. The van der Waals surface area contributed by atoms with Crippen LogP contribution in [0, 0.1) is 0 Å². The molecule has 75 heavy (non-hydrogen) atoms. The second kappa shape index (κ2) is 23.2. The minimum Gasteiger partial charge on any atom is -0.448 e. The highest BCUT2D eigenvalue weighted by Crippen LogP contribution is 2.46. The van der Waals surface area contributed by atoms with Gasteiger partial charge in [-0.25, -0.2) is 14.6 Å². The number of nitrogens with zero attached hydrogens (tertiary/aromatic N) is 4. The lowest BCUT2D eigenvalue weighted by Crippen LogP contribution is -2.72. The van der Waals surface area contributed by atoms with Gasteiger partial charge in [-0.05, 0) is 73.6 Å². The van der Waals surface area contributed by atoms with Gasteiger partial charge in [-0.3, -0.25) is 19.5 Å². The number of esters is 1. The highest BCUT2D eigenvalue weighted by atomic mass is 35.5. The molecule has 1 saturated heterocycles. The van der Waals surface area contributed by atoms with E-state index in [1.165, 1.54) is 23.8 Å². The smallest absolute Gasteiger partial charge is 0.407 e. The van der Waals surface area contributed by atoms with E-state index in [1.807, 2.05) is 158 Å². The number of carbonyl (C=O) groups excluding carboxylic acids is 4. The fourth-order valence-corrected chi connectivity index (χ4v) is 11.5. The van der Waals surface area contributed by atoms with Gasteiger partial charge in [-0.1, -0.05) is 192 Å². The average molecular weight is 1060 g/mol.